The third-order valence-corrected chi connectivity index (χ3v) is 3.68. The molecular weight excluding hydrogens is 238 g/mol. The Morgan fingerprint density at radius 1 is 1.37 bits per heavy atom. The number of hydrogen-bond donors (Lipinski definition) is 1. The number of hydrogen-bond acceptors (Lipinski definition) is 4. The minimum atomic E-state index is 0.695. The highest BCUT2D eigenvalue weighted by atomic mass is 15.3. The normalized spacial score (nSPS) is 18.0. The van der Waals surface area contributed by atoms with E-state index in [2.05, 4.69) is 34.1 Å². The first-order valence-electron chi connectivity index (χ1n) is 7.59. The highest BCUT2D eigenvalue weighted by Gasteiger charge is 2.14. The third kappa shape index (κ3) is 4.58. The fourth-order valence-corrected chi connectivity index (χ4v) is 2.72. The second-order valence-electron chi connectivity index (χ2n) is 5.64. The molecule has 0 saturated carbocycles. The lowest BCUT2D eigenvalue weighted by Crippen LogP contribution is -2.32. The second kappa shape index (κ2) is 7.60. The van der Waals surface area contributed by atoms with E-state index in [0.29, 0.717) is 5.92 Å². The average Bonchev–Trinajstić information content (AvgIpc) is 3.02. The summed E-state index contributed by atoms with van der Waals surface area (Å²) in [6, 6.07) is 0. The van der Waals surface area contributed by atoms with Gasteiger partial charge in [0, 0.05) is 13.1 Å². The minimum absolute atomic E-state index is 0.695. The number of aromatic nitrogens is 3. The van der Waals surface area contributed by atoms with Crippen LogP contribution in [0, 0.1) is 5.92 Å². The zero-order valence-corrected chi connectivity index (χ0v) is 12.3. The van der Waals surface area contributed by atoms with E-state index in [1.807, 2.05) is 4.68 Å². The molecule has 0 bridgehead atoms. The molecule has 0 spiro atoms. The van der Waals surface area contributed by atoms with Crippen LogP contribution in [0.4, 0.5) is 0 Å². The third-order valence-electron chi connectivity index (χ3n) is 3.68. The van der Waals surface area contributed by atoms with Gasteiger partial charge in [0.2, 0.25) is 0 Å². The van der Waals surface area contributed by atoms with Gasteiger partial charge in [-0.3, -0.25) is 0 Å². The highest BCUT2D eigenvalue weighted by molar-refractivity contribution is 4.84. The largest absolute Gasteiger partial charge is 0.310 e. The number of rotatable bonds is 8. The second-order valence-corrected chi connectivity index (χ2v) is 5.64. The van der Waals surface area contributed by atoms with Crippen molar-refractivity contribution >= 4 is 0 Å². The van der Waals surface area contributed by atoms with Crippen molar-refractivity contribution < 1.29 is 0 Å². The van der Waals surface area contributed by atoms with Gasteiger partial charge in [-0.1, -0.05) is 13.8 Å². The molecule has 0 aromatic carbocycles. The van der Waals surface area contributed by atoms with E-state index >= 15 is 0 Å². The molecule has 1 N–H and O–H groups in total. The van der Waals surface area contributed by atoms with Crippen LogP contribution in [0.3, 0.4) is 0 Å². The number of nitrogens with zero attached hydrogens (tertiary/aromatic N) is 4. The van der Waals surface area contributed by atoms with Gasteiger partial charge in [-0.2, -0.15) is 5.10 Å². The molecule has 1 unspecified atom stereocenters. The molecule has 0 amide bonds. The van der Waals surface area contributed by atoms with Crippen molar-refractivity contribution in [3.8, 4) is 0 Å². The van der Waals surface area contributed by atoms with Gasteiger partial charge in [-0.15, -0.1) is 0 Å². The molecule has 5 nitrogen and oxygen atoms in total. The maximum absolute atomic E-state index is 4.31. The summed E-state index contributed by atoms with van der Waals surface area (Å²) in [5, 5.41) is 7.75. The molecular formula is C14H27N5. The number of nitrogens with one attached hydrogen (secondary N) is 1. The standard InChI is InChI=1S/C14H27N5/c1-3-6-19-14(16-12-17-19)10-15-9-13(2)11-18-7-4-5-8-18/h12-13,15H,3-11H2,1-2H3. The molecule has 2 heterocycles. The smallest absolute Gasteiger partial charge is 0.140 e. The Balaban J connectivity index is 1.66. The molecule has 5 heteroatoms. The van der Waals surface area contributed by atoms with Crippen molar-refractivity contribution in [2.24, 2.45) is 5.92 Å². The van der Waals surface area contributed by atoms with E-state index in [1.54, 1.807) is 6.33 Å². The lowest BCUT2D eigenvalue weighted by atomic mass is 10.1. The fraction of sp³-hybridized carbons (Fsp3) is 0.857. The Morgan fingerprint density at radius 2 is 2.16 bits per heavy atom. The summed E-state index contributed by atoms with van der Waals surface area (Å²) in [6.45, 7) is 11.1. The van der Waals surface area contributed by atoms with Crippen LogP contribution in [-0.4, -0.2) is 45.8 Å². The van der Waals surface area contributed by atoms with Crippen LogP contribution in [0.25, 0.3) is 0 Å². The summed E-state index contributed by atoms with van der Waals surface area (Å²) in [4.78, 5) is 6.89. The maximum atomic E-state index is 4.31. The Bertz CT molecular complexity index is 356. The van der Waals surface area contributed by atoms with Crippen molar-refractivity contribution in [2.45, 2.75) is 46.2 Å². The summed E-state index contributed by atoms with van der Waals surface area (Å²) in [6.07, 6.45) is 5.50. The topological polar surface area (TPSA) is 46.0 Å². The van der Waals surface area contributed by atoms with Gasteiger partial charge in [0.15, 0.2) is 0 Å². The molecule has 1 aromatic rings. The first kappa shape index (κ1) is 14.5. The quantitative estimate of drug-likeness (QED) is 0.774. The van der Waals surface area contributed by atoms with Crippen molar-refractivity contribution in [1.82, 2.24) is 25.0 Å². The predicted octanol–water partition coefficient (Wildman–Crippen LogP) is 1.51. The molecule has 0 aliphatic carbocycles. The molecule has 108 valence electrons. The zero-order valence-electron chi connectivity index (χ0n) is 12.3. The van der Waals surface area contributed by atoms with Gasteiger partial charge >= 0.3 is 0 Å². The van der Waals surface area contributed by atoms with Gasteiger partial charge in [0.05, 0.1) is 6.54 Å². The fourth-order valence-electron chi connectivity index (χ4n) is 2.72. The number of likely N-dealkylation sites (tertiary alicyclic amines) is 1. The van der Waals surface area contributed by atoms with Crippen molar-refractivity contribution in [3.05, 3.63) is 12.2 Å². The van der Waals surface area contributed by atoms with E-state index < -0.39 is 0 Å². The van der Waals surface area contributed by atoms with Crippen molar-refractivity contribution in [3.63, 3.8) is 0 Å². The van der Waals surface area contributed by atoms with Gasteiger partial charge in [0.1, 0.15) is 12.2 Å². The lowest BCUT2D eigenvalue weighted by molar-refractivity contribution is 0.282. The SMILES string of the molecule is CCCn1ncnc1CNCC(C)CN1CCCC1. The summed E-state index contributed by atoms with van der Waals surface area (Å²) in [7, 11) is 0. The minimum Gasteiger partial charge on any atom is -0.310 e. The Labute approximate surface area is 116 Å². The van der Waals surface area contributed by atoms with Gasteiger partial charge in [-0.05, 0) is 44.8 Å². The Kier molecular flexibility index (Phi) is 5.79. The van der Waals surface area contributed by atoms with Crippen LogP contribution in [0.5, 0.6) is 0 Å². The van der Waals surface area contributed by atoms with E-state index in [-0.39, 0.29) is 0 Å². The summed E-state index contributed by atoms with van der Waals surface area (Å²) in [5.74, 6) is 1.75. The van der Waals surface area contributed by atoms with Crippen LogP contribution in [-0.2, 0) is 13.1 Å². The van der Waals surface area contributed by atoms with Crippen molar-refractivity contribution in [2.75, 3.05) is 26.2 Å². The van der Waals surface area contributed by atoms with Crippen LogP contribution in [0.2, 0.25) is 0 Å². The Morgan fingerprint density at radius 3 is 2.89 bits per heavy atom. The van der Waals surface area contributed by atoms with Gasteiger partial charge in [0.25, 0.3) is 0 Å². The lowest BCUT2D eigenvalue weighted by Gasteiger charge is -2.20. The summed E-state index contributed by atoms with van der Waals surface area (Å²) >= 11 is 0. The Hall–Kier alpha value is -0.940. The zero-order chi connectivity index (χ0) is 13.5. The molecule has 1 aliphatic rings. The highest BCUT2D eigenvalue weighted by Crippen LogP contribution is 2.09. The maximum Gasteiger partial charge on any atom is 0.140 e. The first-order chi connectivity index (χ1) is 9.29. The van der Waals surface area contributed by atoms with Gasteiger partial charge in [-0.25, -0.2) is 9.67 Å². The molecule has 19 heavy (non-hydrogen) atoms. The van der Waals surface area contributed by atoms with Crippen LogP contribution in [0.15, 0.2) is 6.33 Å². The van der Waals surface area contributed by atoms with Gasteiger partial charge < -0.3 is 10.2 Å². The molecule has 1 atom stereocenters. The molecule has 1 aliphatic heterocycles. The number of aryl methyl sites for hydroxylation is 1. The van der Waals surface area contributed by atoms with E-state index in [0.717, 1.165) is 31.9 Å². The van der Waals surface area contributed by atoms with E-state index in [1.165, 1.54) is 32.5 Å². The van der Waals surface area contributed by atoms with Crippen LogP contribution in [0.1, 0.15) is 38.9 Å². The van der Waals surface area contributed by atoms with E-state index in [9.17, 15) is 0 Å². The van der Waals surface area contributed by atoms with Crippen LogP contribution >= 0.6 is 0 Å². The summed E-state index contributed by atoms with van der Waals surface area (Å²) < 4.78 is 2.00. The molecule has 2 rings (SSSR count). The summed E-state index contributed by atoms with van der Waals surface area (Å²) in [5.41, 5.74) is 0. The van der Waals surface area contributed by atoms with Crippen LogP contribution < -0.4 is 5.32 Å². The monoisotopic (exact) mass is 265 g/mol. The first-order valence-corrected chi connectivity index (χ1v) is 7.59. The van der Waals surface area contributed by atoms with E-state index in [4.69, 9.17) is 0 Å². The molecule has 0 radical (unpaired) electrons. The molecule has 1 aromatic heterocycles. The average molecular weight is 265 g/mol. The molecule has 1 fully saturated rings. The van der Waals surface area contributed by atoms with Crippen molar-refractivity contribution in [1.29, 1.82) is 0 Å². The molecule has 1 saturated heterocycles. The predicted molar refractivity (Wildman–Crippen MR) is 76.9 cm³/mol.